The number of aromatic nitrogens is 1. The van der Waals surface area contributed by atoms with Gasteiger partial charge < -0.3 is 19.5 Å². The van der Waals surface area contributed by atoms with Crippen molar-refractivity contribution in [2.75, 3.05) is 39.9 Å². The molecule has 0 bridgehead atoms. The molecule has 0 spiro atoms. The van der Waals surface area contributed by atoms with E-state index < -0.39 is 6.04 Å². The monoisotopic (exact) mass is 412 g/mol. The zero-order valence-corrected chi connectivity index (χ0v) is 17.7. The number of hydrogen-bond acceptors (Lipinski definition) is 4. The number of nitrogens with one attached hydrogen (secondary N) is 1. The van der Waals surface area contributed by atoms with Gasteiger partial charge in [0.05, 0.1) is 26.1 Å². The fourth-order valence-electron chi connectivity index (χ4n) is 4.48. The van der Waals surface area contributed by atoms with E-state index in [1.54, 1.807) is 9.80 Å². The highest BCUT2D eigenvalue weighted by Gasteiger charge is 2.49. The summed E-state index contributed by atoms with van der Waals surface area (Å²) in [5.41, 5.74) is 1.61. The summed E-state index contributed by atoms with van der Waals surface area (Å²) in [6.45, 7) is 5.73. The Hall–Kier alpha value is -2.87. The minimum absolute atomic E-state index is 0.0368. The topological polar surface area (TPSA) is 85.9 Å². The number of methoxy groups -OCH3 is 1. The van der Waals surface area contributed by atoms with Crippen LogP contribution in [-0.4, -0.2) is 83.5 Å². The van der Waals surface area contributed by atoms with Crippen molar-refractivity contribution in [2.45, 2.75) is 26.3 Å². The number of ether oxygens (including phenoxy) is 1. The van der Waals surface area contributed by atoms with Crippen molar-refractivity contribution < 1.29 is 19.1 Å². The summed E-state index contributed by atoms with van der Waals surface area (Å²) in [6, 6.07) is 6.95. The van der Waals surface area contributed by atoms with Crippen LogP contribution in [0.2, 0.25) is 0 Å². The molecule has 1 aromatic carbocycles. The highest BCUT2D eigenvalue weighted by molar-refractivity contribution is 6.04. The smallest absolute Gasteiger partial charge is 0.327 e. The van der Waals surface area contributed by atoms with E-state index in [0.717, 1.165) is 16.5 Å². The number of fused-ring (bicyclic) bond motifs is 2. The van der Waals surface area contributed by atoms with Crippen molar-refractivity contribution >= 4 is 28.7 Å². The third kappa shape index (κ3) is 3.67. The van der Waals surface area contributed by atoms with Gasteiger partial charge in [-0.05, 0) is 11.6 Å². The van der Waals surface area contributed by atoms with Gasteiger partial charge >= 0.3 is 6.03 Å². The van der Waals surface area contributed by atoms with Crippen LogP contribution in [0.15, 0.2) is 30.5 Å². The van der Waals surface area contributed by atoms with Crippen molar-refractivity contribution in [3.8, 4) is 0 Å². The van der Waals surface area contributed by atoms with Crippen LogP contribution in [-0.2, 0) is 20.7 Å². The summed E-state index contributed by atoms with van der Waals surface area (Å²) in [6.07, 6.45) is 2.12. The number of imide groups is 1. The minimum atomic E-state index is -0.636. The van der Waals surface area contributed by atoms with Crippen LogP contribution < -0.4 is 0 Å². The number of hydrogen-bond donors (Lipinski definition) is 1. The summed E-state index contributed by atoms with van der Waals surface area (Å²) < 4.78 is 5.04. The van der Waals surface area contributed by atoms with E-state index in [9.17, 15) is 14.4 Å². The first kappa shape index (κ1) is 20.4. The van der Waals surface area contributed by atoms with Crippen molar-refractivity contribution in [3.05, 3.63) is 36.0 Å². The molecule has 8 heteroatoms. The van der Waals surface area contributed by atoms with Gasteiger partial charge in [-0.1, -0.05) is 32.0 Å². The lowest BCUT2D eigenvalue weighted by Gasteiger charge is -2.30. The maximum Gasteiger partial charge on any atom is 0.327 e. The number of urea groups is 1. The van der Waals surface area contributed by atoms with Crippen molar-refractivity contribution in [1.29, 1.82) is 0 Å². The Bertz CT molecular complexity index is 982. The number of carbonyl (C=O) groups is 3. The first-order valence-corrected chi connectivity index (χ1v) is 10.2. The molecule has 3 heterocycles. The molecule has 2 saturated heterocycles. The number of nitrogens with zero attached hydrogens (tertiary/aromatic N) is 3. The SMILES string of the molecule is COCCN1C(=O)C2CN(C(=O)Cc3c[nH]c4ccccc34)CC(C)(C)CN2C1=O. The van der Waals surface area contributed by atoms with Gasteiger partial charge in [0, 0.05) is 42.7 Å². The van der Waals surface area contributed by atoms with E-state index in [-0.39, 0.29) is 42.8 Å². The summed E-state index contributed by atoms with van der Waals surface area (Å²) in [5, 5.41) is 1.03. The second-order valence-corrected chi connectivity index (χ2v) is 8.88. The lowest BCUT2D eigenvalue weighted by molar-refractivity contribution is -0.133. The lowest BCUT2D eigenvalue weighted by atomic mass is 9.92. The molecular formula is C22H28N4O4. The second kappa shape index (κ2) is 7.75. The normalized spacial score (nSPS) is 21.3. The Morgan fingerprint density at radius 3 is 2.77 bits per heavy atom. The molecule has 4 rings (SSSR count). The van der Waals surface area contributed by atoms with E-state index in [2.05, 4.69) is 4.98 Å². The third-order valence-corrected chi connectivity index (χ3v) is 5.90. The zero-order chi connectivity index (χ0) is 21.5. The number of carbonyl (C=O) groups excluding carboxylic acids is 3. The van der Waals surface area contributed by atoms with Crippen LogP contribution >= 0.6 is 0 Å². The number of H-pyrrole nitrogens is 1. The number of para-hydroxylation sites is 1. The molecule has 2 aliphatic heterocycles. The Morgan fingerprint density at radius 1 is 1.23 bits per heavy atom. The van der Waals surface area contributed by atoms with Crippen molar-refractivity contribution in [2.24, 2.45) is 5.41 Å². The van der Waals surface area contributed by atoms with Gasteiger partial charge in [0.2, 0.25) is 5.91 Å². The van der Waals surface area contributed by atoms with E-state index >= 15 is 0 Å². The maximum atomic E-state index is 13.2. The van der Waals surface area contributed by atoms with E-state index in [0.29, 0.717) is 19.7 Å². The van der Waals surface area contributed by atoms with E-state index in [1.165, 1.54) is 12.0 Å². The van der Waals surface area contributed by atoms with Crippen molar-refractivity contribution in [1.82, 2.24) is 19.7 Å². The van der Waals surface area contributed by atoms with Crippen LogP contribution in [0.4, 0.5) is 4.79 Å². The average Bonchev–Trinajstić information content (AvgIpc) is 3.14. The molecule has 30 heavy (non-hydrogen) atoms. The number of aromatic amines is 1. The molecule has 2 aliphatic rings. The summed E-state index contributed by atoms with van der Waals surface area (Å²) in [7, 11) is 1.54. The van der Waals surface area contributed by atoms with Gasteiger partial charge in [0.25, 0.3) is 5.91 Å². The van der Waals surface area contributed by atoms with Gasteiger partial charge in [0.1, 0.15) is 6.04 Å². The quantitative estimate of drug-likeness (QED) is 0.760. The maximum absolute atomic E-state index is 13.2. The summed E-state index contributed by atoms with van der Waals surface area (Å²) in [5.74, 6) is -0.287. The Balaban J connectivity index is 1.56. The fraction of sp³-hybridized carbons (Fsp3) is 0.500. The molecule has 0 aliphatic carbocycles. The molecule has 1 unspecified atom stereocenters. The van der Waals surface area contributed by atoms with Crippen LogP contribution in [0.3, 0.4) is 0 Å². The third-order valence-electron chi connectivity index (χ3n) is 5.90. The standard InChI is InChI=1S/C22H28N4O4/c1-22(2)13-24(19(27)10-15-11-23-17-7-5-4-6-16(15)17)12-18-20(28)25(8-9-30-3)21(29)26(18)14-22/h4-7,11,18,23H,8-10,12-14H2,1-3H3. The average molecular weight is 412 g/mol. The van der Waals surface area contributed by atoms with E-state index in [1.807, 2.05) is 44.3 Å². The first-order chi connectivity index (χ1) is 14.3. The number of benzene rings is 1. The van der Waals surface area contributed by atoms with Gasteiger partial charge in [-0.3, -0.25) is 14.5 Å². The van der Waals surface area contributed by atoms with E-state index in [4.69, 9.17) is 4.74 Å². The van der Waals surface area contributed by atoms with Crippen molar-refractivity contribution in [3.63, 3.8) is 0 Å². The lowest BCUT2D eigenvalue weighted by Crippen LogP contribution is -2.44. The van der Waals surface area contributed by atoms with Crippen LogP contribution in [0, 0.1) is 5.41 Å². The molecule has 2 aromatic rings. The van der Waals surface area contributed by atoms with Gasteiger partial charge in [-0.2, -0.15) is 0 Å². The van der Waals surface area contributed by atoms with Crippen LogP contribution in [0.25, 0.3) is 10.9 Å². The largest absolute Gasteiger partial charge is 0.383 e. The molecule has 2 fully saturated rings. The number of amides is 4. The molecule has 1 atom stereocenters. The second-order valence-electron chi connectivity index (χ2n) is 8.88. The van der Waals surface area contributed by atoms with Crippen LogP contribution in [0.1, 0.15) is 19.4 Å². The predicted molar refractivity (Wildman–Crippen MR) is 112 cm³/mol. The Kier molecular flexibility index (Phi) is 5.27. The highest BCUT2D eigenvalue weighted by Crippen LogP contribution is 2.30. The molecule has 4 amide bonds. The van der Waals surface area contributed by atoms with Gasteiger partial charge in [-0.15, -0.1) is 0 Å². The minimum Gasteiger partial charge on any atom is -0.383 e. The summed E-state index contributed by atoms with van der Waals surface area (Å²) in [4.78, 5) is 46.9. The van der Waals surface area contributed by atoms with Gasteiger partial charge in [0.15, 0.2) is 0 Å². The number of rotatable bonds is 5. The molecule has 0 radical (unpaired) electrons. The zero-order valence-electron chi connectivity index (χ0n) is 17.7. The molecule has 1 N–H and O–H groups in total. The highest BCUT2D eigenvalue weighted by atomic mass is 16.5. The fourth-order valence-corrected chi connectivity index (χ4v) is 4.48. The predicted octanol–water partition coefficient (Wildman–Crippen LogP) is 1.86. The molecule has 0 saturated carbocycles. The van der Waals surface area contributed by atoms with Gasteiger partial charge in [-0.25, -0.2) is 4.79 Å². The Morgan fingerprint density at radius 2 is 2.00 bits per heavy atom. The molecular weight excluding hydrogens is 384 g/mol. The first-order valence-electron chi connectivity index (χ1n) is 10.2. The Labute approximate surface area is 175 Å². The molecule has 8 nitrogen and oxygen atoms in total. The molecule has 1 aromatic heterocycles. The molecule has 160 valence electrons. The summed E-state index contributed by atoms with van der Waals surface area (Å²) >= 11 is 0. The van der Waals surface area contributed by atoms with Crippen LogP contribution in [0.5, 0.6) is 0 Å².